The predicted molar refractivity (Wildman–Crippen MR) is 132 cm³/mol. The molecule has 4 aromatic rings. The van der Waals surface area contributed by atoms with E-state index in [9.17, 15) is 4.79 Å². The second-order valence-corrected chi connectivity index (χ2v) is 10.1. The van der Waals surface area contributed by atoms with Crippen LogP contribution in [0.2, 0.25) is 0 Å². The summed E-state index contributed by atoms with van der Waals surface area (Å²) in [6, 6.07) is 2.21. The second kappa shape index (κ2) is 7.55. The van der Waals surface area contributed by atoms with E-state index >= 15 is 0 Å². The molecule has 174 valence electrons. The molecular weight excluding hydrogens is 426 g/mol. The van der Waals surface area contributed by atoms with Gasteiger partial charge < -0.3 is 9.80 Å². The Hall–Kier alpha value is -3.42. The zero-order valence-electron chi connectivity index (χ0n) is 19.5. The highest BCUT2D eigenvalue weighted by molar-refractivity contribution is 6.13. The normalized spacial score (nSPS) is 18.6. The third-order valence-electron chi connectivity index (χ3n) is 7.92. The molecule has 2 aliphatic carbocycles. The average Bonchev–Trinajstić information content (AvgIpc) is 3.47. The van der Waals surface area contributed by atoms with Crippen LogP contribution in [-0.2, 0) is 17.6 Å². The lowest BCUT2D eigenvalue weighted by atomic mass is 9.85. The largest absolute Gasteiger partial charge is 0.366 e. The van der Waals surface area contributed by atoms with Crippen molar-refractivity contribution in [1.29, 1.82) is 0 Å². The molecule has 1 aromatic carbocycles. The summed E-state index contributed by atoms with van der Waals surface area (Å²) in [5, 5.41) is 17.4. The molecule has 1 aliphatic heterocycles. The maximum absolute atomic E-state index is 12.6. The molecule has 8 nitrogen and oxygen atoms in total. The number of aromatic nitrogens is 5. The summed E-state index contributed by atoms with van der Waals surface area (Å²) < 4.78 is 0. The standard InChI is InChI=1S/C26H29N7O/c1-15-19(13-27-30-15)24-18-5-3-2-4-17(18)23-20-14-28-31-21(20)12-22(25(23)29-24)32-8-10-33(11-9-32)26(34)16-6-7-16/h12-14,16H,2-11H2,1H3,(H,27,30)(H,28,31). The first kappa shape index (κ1) is 20.0. The quantitative estimate of drug-likeness (QED) is 0.491. The molecule has 0 bridgehead atoms. The van der Waals surface area contributed by atoms with Gasteiger partial charge in [0.05, 0.1) is 34.8 Å². The van der Waals surface area contributed by atoms with E-state index in [1.54, 1.807) is 0 Å². The zero-order chi connectivity index (χ0) is 22.8. The molecule has 3 aliphatic rings. The third-order valence-corrected chi connectivity index (χ3v) is 7.92. The monoisotopic (exact) mass is 455 g/mol. The smallest absolute Gasteiger partial charge is 0.225 e. The molecular formula is C26H29N7O. The number of carbonyl (C=O) groups excluding carboxylic acids is 1. The van der Waals surface area contributed by atoms with Gasteiger partial charge in [0.15, 0.2) is 0 Å². The molecule has 34 heavy (non-hydrogen) atoms. The van der Waals surface area contributed by atoms with Crippen molar-refractivity contribution >= 4 is 33.4 Å². The lowest BCUT2D eigenvalue weighted by Gasteiger charge is -2.37. The number of nitrogens with zero attached hydrogens (tertiary/aromatic N) is 5. The van der Waals surface area contributed by atoms with Crippen LogP contribution in [0.15, 0.2) is 18.5 Å². The van der Waals surface area contributed by atoms with E-state index < -0.39 is 0 Å². The average molecular weight is 456 g/mol. The van der Waals surface area contributed by atoms with Crippen molar-refractivity contribution in [3.05, 3.63) is 35.3 Å². The number of hydrogen-bond acceptors (Lipinski definition) is 5. The number of aryl methyl sites for hydroxylation is 2. The van der Waals surface area contributed by atoms with Gasteiger partial charge >= 0.3 is 0 Å². The molecule has 0 atom stereocenters. The van der Waals surface area contributed by atoms with Crippen LogP contribution in [0.3, 0.4) is 0 Å². The minimum atomic E-state index is 0.280. The predicted octanol–water partition coefficient (Wildman–Crippen LogP) is 3.75. The molecule has 4 heterocycles. The fraction of sp³-hybridized carbons (Fsp3) is 0.462. The fourth-order valence-electron chi connectivity index (χ4n) is 5.92. The van der Waals surface area contributed by atoms with Crippen LogP contribution in [-0.4, -0.2) is 62.4 Å². The van der Waals surface area contributed by atoms with E-state index in [2.05, 4.69) is 43.2 Å². The number of H-pyrrole nitrogens is 2. The van der Waals surface area contributed by atoms with Crippen LogP contribution in [0, 0.1) is 12.8 Å². The number of benzene rings is 1. The Labute approximate surface area is 197 Å². The lowest BCUT2D eigenvalue weighted by Crippen LogP contribution is -2.49. The highest BCUT2D eigenvalue weighted by Gasteiger charge is 2.35. The number of pyridine rings is 1. The Morgan fingerprint density at radius 1 is 1.00 bits per heavy atom. The highest BCUT2D eigenvalue weighted by Crippen LogP contribution is 2.42. The summed E-state index contributed by atoms with van der Waals surface area (Å²) in [7, 11) is 0. The molecule has 0 unspecified atom stereocenters. The van der Waals surface area contributed by atoms with Gasteiger partial charge in [0.2, 0.25) is 5.91 Å². The summed E-state index contributed by atoms with van der Waals surface area (Å²) in [5.41, 5.74) is 9.25. The summed E-state index contributed by atoms with van der Waals surface area (Å²) in [5.74, 6) is 0.626. The molecule has 0 spiro atoms. The number of carbonyl (C=O) groups is 1. The molecule has 1 saturated carbocycles. The number of aromatic amines is 2. The summed E-state index contributed by atoms with van der Waals surface area (Å²) in [4.78, 5) is 22.4. The Balaban J connectivity index is 1.40. The van der Waals surface area contributed by atoms with Crippen molar-refractivity contribution in [1.82, 2.24) is 30.3 Å². The Morgan fingerprint density at radius 3 is 2.50 bits per heavy atom. The number of piperazine rings is 1. The third kappa shape index (κ3) is 3.04. The molecule has 8 heteroatoms. The first-order chi connectivity index (χ1) is 16.7. The lowest BCUT2D eigenvalue weighted by molar-refractivity contribution is -0.132. The molecule has 2 fully saturated rings. The van der Waals surface area contributed by atoms with Gasteiger partial charge in [-0.3, -0.25) is 15.0 Å². The van der Waals surface area contributed by atoms with E-state index in [-0.39, 0.29) is 5.92 Å². The SMILES string of the molecule is Cc1[nH]ncc1-c1nc2c(N3CCN(C(=O)C4CC4)CC3)cc3[nH]ncc3c2c2c1CCCC2. The van der Waals surface area contributed by atoms with E-state index in [1.165, 1.54) is 29.4 Å². The molecule has 1 amide bonds. The van der Waals surface area contributed by atoms with Crippen LogP contribution in [0.5, 0.6) is 0 Å². The van der Waals surface area contributed by atoms with E-state index in [1.807, 2.05) is 12.4 Å². The number of hydrogen-bond donors (Lipinski definition) is 2. The maximum Gasteiger partial charge on any atom is 0.225 e. The van der Waals surface area contributed by atoms with Crippen LogP contribution in [0.25, 0.3) is 33.1 Å². The van der Waals surface area contributed by atoms with Gasteiger partial charge in [0.1, 0.15) is 0 Å². The van der Waals surface area contributed by atoms with E-state index in [4.69, 9.17) is 4.98 Å². The highest BCUT2D eigenvalue weighted by atomic mass is 16.2. The van der Waals surface area contributed by atoms with Crippen molar-refractivity contribution in [2.75, 3.05) is 31.1 Å². The van der Waals surface area contributed by atoms with Crippen molar-refractivity contribution in [3.8, 4) is 11.3 Å². The summed E-state index contributed by atoms with van der Waals surface area (Å²) >= 11 is 0. The first-order valence-electron chi connectivity index (χ1n) is 12.5. The molecule has 2 N–H and O–H groups in total. The fourth-order valence-corrected chi connectivity index (χ4v) is 5.92. The van der Waals surface area contributed by atoms with Gasteiger partial charge in [0.25, 0.3) is 0 Å². The number of anilines is 1. The summed E-state index contributed by atoms with van der Waals surface area (Å²) in [6.07, 6.45) is 10.5. The molecule has 1 saturated heterocycles. The Morgan fingerprint density at radius 2 is 1.76 bits per heavy atom. The van der Waals surface area contributed by atoms with Gasteiger partial charge in [0, 0.05) is 54.1 Å². The van der Waals surface area contributed by atoms with Crippen LogP contribution >= 0.6 is 0 Å². The van der Waals surface area contributed by atoms with Crippen LogP contribution in [0.1, 0.15) is 42.5 Å². The minimum absolute atomic E-state index is 0.280. The number of amides is 1. The van der Waals surface area contributed by atoms with Crippen molar-refractivity contribution in [3.63, 3.8) is 0 Å². The first-order valence-corrected chi connectivity index (χ1v) is 12.5. The van der Waals surface area contributed by atoms with Crippen molar-refractivity contribution in [2.24, 2.45) is 5.92 Å². The minimum Gasteiger partial charge on any atom is -0.366 e. The van der Waals surface area contributed by atoms with Gasteiger partial charge in [-0.1, -0.05) is 0 Å². The van der Waals surface area contributed by atoms with E-state index in [0.29, 0.717) is 5.91 Å². The number of rotatable bonds is 3. The zero-order valence-corrected chi connectivity index (χ0v) is 19.5. The molecule has 7 rings (SSSR count). The van der Waals surface area contributed by atoms with Gasteiger partial charge in [-0.2, -0.15) is 10.2 Å². The van der Waals surface area contributed by atoms with Gasteiger partial charge in [-0.05, 0) is 62.6 Å². The number of nitrogens with one attached hydrogen (secondary N) is 2. The molecule has 0 radical (unpaired) electrons. The van der Waals surface area contributed by atoms with Crippen LogP contribution in [0.4, 0.5) is 5.69 Å². The second-order valence-electron chi connectivity index (χ2n) is 10.1. The Bertz CT molecular complexity index is 1420. The van der Waals surface area contributed by atoms with Gasteiger partial charge in [-0.15, -0.1) is 0 Å². The maximum atomic E-state index is 12.6. The van der Waals surface area contributed by atoms with Crippen molar-refractivity contribution < 1.29 is 4.79 Å². The Kier molecular flexibility index (Phi) is 4.44. The summed E-state index contributed by atoms with van der Waals surface area (Å²) in [6.45, 7) is 5.27. The van der Waals surface area contributed by atoms with E-state index in [0.717, 1.165) is 90.9 Å². The molecule has 3 aromatic heterocycles. The van der Waals surface area contributed by atoms with Crippen LogP contribution < -0.4 is 4.90 Å². The van der Waals surface area contributed by atoms with Crippen molar-refractivity contribution in [2.45, 2.75) is 45.4 Å². The number of fused-ring (bicyclic) bond motifs is 5. The topological polar surface area (TPSA) is 93.8 Å². The van der Waals surface area contributed by atoms with Gasteiger partial charge in [-0.25, -0.2) is 4.98 Å².